The zero-order chi connectivity index (χ0) is 12.4. The van der Waals surface area contributed by atoms with E-state index in [4.69, 9.17) is 0 Å². The molecule has 5 saturated carbocycles. The quantitative estimate of drug-likeness (QED) is 0.632. The van der Waals surface area contributed by atoms with Gasteiger partial charge < -0.3 is 0 Å². The van der Waals surface area contributed by atoms with Gasteiger partial charge in [-0.2, -0.15) is 0 Å². The lowest BCUT2D eigenvalue weighted by Gasteiger charge is -2.35. The predicted molar refractivity (Wildman–Crippen MR) is 78.7 cm³/mol. The van der Waals surface area contributed by atoms with Crippen LogP contribution in [0.1, 0.15) is 70.6 Å². The first-order valence-corrected chi connectivity index (χ1v) is 9.38. The maximum Gasteiger partial charge on any atom is -0.0326 e. The van der Waals surface area contributed by atoms with E-state index >= 15 is 0 Å². The largest absolute Gasteiger partial charge is 0.0502 e. The van der Waals surface area contributed by atoms with Crippen molar-refractivity contribution in [2.24, 2.45) is 47.3 Å². The maximum absolute atomic E-state index is 1.65. The Hall–Kier alpha value is 0. The van der Waals surface area contributed by atoms with Crippen LogP contribution in [0.5, 0.6) is 0 Å². The van der Waals surface area contributed by atoms with Crippen molar-refractivity contribution in [3.63, 3.8) is 0 Å². The molecule has 0 amide bonds. The molecule has 19 heavy (non-hydrogen) atoms. The fourth-order valence-electron chi connectivity index (χ4n) is 7.68. The van der Waals surface area contributed by atoms with E-state index in [1.165, 1.54) is 29.6 Å². The first kappa shape index (κ1) is 11.6. The molecule has 5 fully saturated rings. The summed E-state index contributed by atoms with van der Waals surface area (Å²) in [6, 6.07) is 0. The minimum atomic E-state index is 1.15. The molecule has 8 atom stereocenters. The normalized spacial score (nSPS) is 58.7. The Kier molecular flexibility index (Phi) is 2.60. The molecule has 0 aromatic carbocycles. The molecule has 0 aromatic heterocycles. The van der Waals surface area contributed by atoms with E-state index in [1.54, 1.807) is 70.6 Å². The molecule has 0 N–H and O–H groups in total. The van der Waals surface area contributed by atoms with Gasteiger partial charge in [0.15, 0.2) is 0 Å². The minimum Gasteiger partial charge on any atom is -0.0502 e. The second kappa shape index (κ2) is 4.25. The van der Waals surface area contributed by atoms with Crippen molar-refractivity contribution in [1.82, 2.24) is 0 Å². The Morgan fingerprint density at radius 2 is 1.37 bits per heavy atom. The third kappa shape index (κ3) is 1.70. The summed E-state index contributed by atoms with van der Waals surface area (Å²) in [4.78, 5) is 0. The molecule has 0 heterocycles. The van der Waals surface area contributed by atoms with Crippen LogP contribution in [0, 0.1) is 47.3 Å². The molecule has 0 aliphatic heterocycles. The van der Waals surface area contributed by atoms with E-state index < -0.39 is 0 Å². The summed E-state index contributed by atoms with van der Waals surface area (Å²) in [6.45, 7) is 0. The van der Waals surface area contributed by atoms with Crippen LogP contribution in [0.4, 0.5) is 0 Å². The van der Waals surface area contributed by atoms with Crippen LogP contribution < -0.4 is 0 Å². The highest BCUT2D eigenvalue weighted by atomic mass is 14.6. The molecule has 8 unspecified atom stereocenters. The van der Waals surface area contributed by atoms with Crippen LogP contribution >= 0.6 is 0 Å². The average Bonchev–Trinajstić information content (AvgIpc) is 3.16. The lowest BCUT2D eigenvalue weighted by atomic mass is 9.70. The predicted octanol–water partition coefficient (Wildman–Crippen LogP) is 5.28. The highest BCUT2D eigenvalue weighted by Gasteiger charge is 2.53. The first-order valence-electron chi connectivity index (χ1n) is 9.38. The van der Waals surface area contributed by atoms with Gasteiger partial charge in [-0.1, -0.05) is 12.8 Å². The summed E-state index contributed by atoms with van der Waals surface area (Å²) < 4.78 is 0. The van der Waals surface area contributed by atoms with E-state index in [2.05, 4.69) is 0 Å². The smallest absolute Gasteiger partial charge is 0.0326 e. The van der Waals surface area contributed by atoms with Crippen LogP contribution in [0.25, 0.3) is 0 Å². The van der Waals surface area contributed by atoms with Gasteiger partial charge in [0.05, 0.1) is 0 Å². The summed E-state index contributed by atoms with van der Waals surface area (Å²) >= 11 is 0. The van der Waals surface area contributed by atoms with Crippen LogP contribution in [0.3, 0.4) is 0 Å². The molecule has 5 aliphatic carbocycles. The highest BCUT2D eigenvalue weighted by molar-refractivity contribution is 5.03. The summed E-state index contributed by atoms with van der Waals surface area (Å²) in [6.07, 6.45) is 17.8. The van der Waals surface area contributed by atoms with Crippen molar-refractivity contribution in [1.29, 1.82) is 0 Å². The van der Waals surface area contributed by atoms with Gasteiger partial charge in [-0.3, -0.25) is 0 Å². The van der Waals surface area contributed by atoms with Crippen molar-refractivity contribution < 1.29 is 0 Å². The Labute approximate surface area is 118 Å². The van der Waals surface area contributed by atoms with E-state index in [0.717, 1.165) is 17.8 Å². The van der Waals surface area contributed by atoms with E-state index in [9.17, 15) is 0 Å². The molecule has 4 bridgehead atoms. The van der Waals surface area contributed by atoms with Crippen molar-refractivity contribution in [3.8, 4) is 0 Å². The second-order valence-corrected chi connectivity index (χ2v) is 8.92. The number of hydrogen-bond acceptors (Lipinski definition) is 0. The van der Waals surface area contributed by atoms with E-state index in [1.807, 2.05) is 0 Å². The number of fused-ring (bicyclic) bond motifs is 7. The summed E-state index contributed by atoms with van der Waals surface area (Å²) in [5.41, 5.74) is 0. The molecule has 106 valence electrons. The van der Waals surface area contributed by atoms with Crippen molar-refractivity contribution >= 4 is 0 Å². The molecular weight excluding hydrogens is 228 g/mol. The van der Waals surface area contributed by atoms with Gasteiger partial charge in [-0.15, -0.1) is 0 Å². The molecule has 5 aliphatic rings. The Balaban J connectivity index is 1.29. The lowest BCUT2D eigenvalue weighted by molar-refractivity contribution is 0.149. The Morgan fingerprint density at radius 1 is 0.579 bits per heavy atom. The SMILES string of the molecule is C1CC2CC1CCC2CC1CCC2C3CCC(C3)C12. The van der Waals surface area contributed by atoms with Crippen molar-refractivity contribution in [2.75, 3.05) is 0 Å². The second-order valence-electron chi connectivity index (χ2n) is 8.92. The molecule has 5 rings (SSSR count). The summed E-state index contributed by atoms with van der Waals surface area (Å²) in [7, 11) is 0. The van der Waals surface area contributed by atoms with Gasteiger partial charge >= 0.3 is 0 Å². The van der Waals surface area contributed by atoms with E-state index in [0.29, 0.717) is 0 Å². The number of rotatable bonds is 2. The van der Waals surface area contributed by atoms with Gasteiger partial charge in [0, 0.05) is 0 Å². The molecule has 0 heteroatoms. The summed E-state index contributed by atoms with van der Waals surface area (Å²) in [5.74, 6) is 9.41. The Morgan fingerprint density at radius 3 is 2.37 bits per heavy atom. The van der Waals surface area contributed by atoms with Crippen LogP contribution in [-0.2, 0) is 0 Å². The van der Waals surface area contributed by atoms with E-state index in [-0.39, 0.29) is 0 Å². The van der Waals surface area contributed by atoms with Crippen LogP contribution in [0.2, 0.25) is 0 Å². The van der Waals surface area contributed by atoms with Crippen molar-refractivity contribution in [3.05, 3.63) is 0 Å². The van der Waals surface area contributed by atoms with Gasteiger partial charge in [-0.05, 0) is 105 Å². The zero-order valence-corrected chi connectivity index (χ0v) is 12.4. The third-order valence-corrected chi connectivity index (χ3v) is 8.37. The molecule has 0 spiro atoms. The van der Waals surface area contributed by atoms with Gasteiger partial charge in [0.2, 0.25) is 0 Å². The fourth-order valence-corrected chi connectivity index (χ4v) is 7.68. The Bertz CT molecular complexity index is 359. The minimum absolute atomic E-state index is 1.15. The van der Waals surface area contributed by atoms with Gasteiger partial charge in [0.1, 0.15) is 0 Å². The van der Waals surface area contributed by atoms with Crippen LogP contribution in [0.15, 0.2) is 0 Å². The standard InChI is InChI=1S/C19H30/c1-3-13-9-12(1)2-4-14(13)10-17-7-8-18-15-5-6-16(11-15)19(17)18/h12-19H,1-11H2. The molecule has 0 aromatic rings. The lowest BCUT2D eigenvalue weighted by Crippen LogP contribution is -2.26. The van der Waals surface area contributed by atoms with Crippen molar-refractivity contribution in [2.45, 2.75) is 70.6 Å². The topological polar surface area (TPSA) is 0 Å². The van der Waals surface area contributed by atoms with Gasteiger partial charge in [-0.25, -0.2) is 0 Å². The highest BCUT2D eigenvalue weighted by Crippen LogP contribution is 2.62. The molecule has 0 nitrogen and oxygen atoms in total. The zero-order valence-electron chi connectivity index (χ0n) is 12.4. The first-order chi connectivity index (χ1) is 9.38. The average molecular weight is 258 g/mol. The summed E-state index contributed by atoms with van der Waals surface area (Å²) in [5, 5.41) is 0. The van der Waals surface area contributed by atoms with Gasteiger partial charge in [0.25, 0.3) is 0 Å². The monoisotopic (exact) mass is 258 g/mol. The molecular formula is C19H30. The molecule has 0 saturated heterocycles. The fraction of sp³-hybridized carbons (Fsp3) is 1.00. The number of hydrogen-bond donors (Lipinski definition) is 0. The third-order valence-electron chi connectivity index (χ3n) is 8.37. The maximum atomic E-state index is 1.65. The van der Waals surface area contributed by atoms with Crippen LogP contribution in [-0.4, -0.2) is 0 Å². The molecule has 0 radical (unpaired) electrons.